The lowest BCUT2D eigenvalue weighted by atomic mass is 9.83. The van der Waals surface area contributed by atoms with E-state index < -0.39 is 0 Å². The third-order valence-corrected chi connectivity index (χ3v) is 3.05. The monoisotopic (exact) mass is 199 g/mol. The Hall–Kier alpha value is -0.530. The summed E-state index contributed by atoms with van der Waals surface area (Å²) < 4.78 is 0. The maximum Gasteiger partial charge on any atom is 0.219 e. The summed E-state index contributed by atoms with van der Waals surface area (Å²) in [5, 5.41) is 0. The smallest absolute Gasteiger partial charge is 0.219 e. The van der Waals surface area contributed by atoms with Gasteiger partial charge in [-0.1, -0.05) is 27.7 Å². The SMILES string of the molecule is CC(=O)N(C)CCC(C(C)C)C(C)C. The van der Waals surface area contributed by atoms with Gasteiger partial charge in [-0.05, 0) is 24.2 Å². The summed E-state index contributed by atoms with van der Waals surface area (Å²) in [7, 11) is 1.88. The zero-order valence-corrected chi connectivity index (χ0v) is 10.5. The predicted molar refractivity (Wildman–Crippen MR) is 61.1 cm³/mol. The van der Waals surface area contributed by atoms with Crippen LogP contribution in [0.3, 0.4) is 0 Å². The number of rotatable bonds is 5. The van der Waals surface area contributed by atoms with Crippen molar-refractivity contribution in [2.45, 2.75) is 41.0 Å². The van der Waals surface area contributed by atoms with Crippen molar-refractivity contribution in [1.82, 2.24) is 4.90 Å². The maximum atomic E-state index is 11.0. The highest BCUT2D eigenvalue weighted by molar-refractivity contribution is 5.72. The molecule has 0 saturated heterocycles. The third kappa shape index (κ3) is 4.64. The van der Waals surface area contributed by atoms with Crippen molar-refractivity contribution in [3.8, 4) is 0 Å². The lowest BCUT2D eigenvalue weighted by molar-refractivity contribution is -0.127. The largest absolute Gasteiger partial charge is 0.346 e. The van der Waals surface area contributed by atoms with Crippen LogP contribution in [0.15, 0.2) is 0 Å². The molecular weight excluding hydrogens is 174 g/mol. The van der Waals surface area contributed by atoms with Crippen molar-refractivity contribution in [3.05, 3.63) is 0 Å². The molecule has 14 heavy (non-hydrogen) atoms. The van der Waals surface area contributed by atoms with E-state index in [9.17, 15) is 4.79 Å². The van der Waals surface area contributed by atoms with Gasteiger partial charge in [0.1, 0.15) is 0 Å². The van der Waals surface area contributed by atoms with E-state index in [1.807, 2.05) is 7.05 Å². The Morgan fingerprint density at radius 3 is 1.86 bits per heavy atom. The zero-order chi connectivity index (χ0) is 11.3. The number of nitrogens with zero attached hydrogens (tertiary/aromatic N) is 1. The molecule has 0 heterocycles. The van der Waals surface area contributed by atoms with Crippen LogP contribution >= 0.6 is 0 Å². The van der Waals surface area contributed by atoms with Gasteiger partial charge in [0.2, 0.25) is 5.91 Å². The summed E-state index contributed by atoms with van der Waals surface area (Å²) >= 11 is 0. The summed E-state index contributed by atoms with van der Waals surface area (Å²) in [5.74, 6) is 2.29. The summed E-state index contributed by atoms with van der Waals surface area (Å²) in [6, 6.07) is 0. The minimum Gasteiger partial charge on any atom is -0.346 e. The van der Waals surface area contributed by atoms with Gasteiger partial charge in [-0.3, -0.25) is 4.79 Å². The Kier molecular flexibility index (Phi) is 5.82. The molecule has 0 radical (unpaired) electrons. The van der Waals surface area contributed by atoms with Crippen LogP contribution in [0.2, 0.25) is 0 Å². The second-order valence-corrected chi connectivity index (χ2v) is 4.88. The highest BCUT2D eigenvalue weighted by Crippen LogP contribution is 2.24. The number of hydrogen-bond donors (Lipinski definition) is 0. The molecule has 0 atom stereocenters. The van der Waals surface area contributed by atoms with E-state index in [2.05, 4.69) is 27.7 Å². The normalized spacial score (nSPS) is 11.5. The Labute approximate surface area is 88.7 Å². The number of carbonyl (C=O) groups is 1. The molecule has 2 nitrogen and oxygen atoms in total. The molecule has 0 aromatic carbocycles. The first-order valence-corrected chi connectivity index (χ1v) is 5.58. The van der Waals surface area contributed by atoms with Gasteiger partial charge in [-0.2, -0.15) is 0 Å². The summed E-state index contributed by atoms with van der Waals surface area (Å²) in [6.45, 7) is 11.6. The second-order valence-electron chi connectivity index (χ2n) is 4.88. The first-order chi connectivity index (χ1) is 6.36. The first kappa shape index (κ1) is 13.5. The van der Waals surface area contributed by atoms with Gasteiger partial charge in [0.05, 0.1) is 0 Å². The van der Waals surface area contributed by atoms with Crippen molar-refractivity contribution in [2.75, 3.05) is 13.6 Å². The minimum atomic E-state index is 0.163. The van der Waals surface area contributed by atoms with Gasteiger partial charge in [0.15, 0.2) is 0 Å². The molecule has 0 unspecified atom stereocenters. The van der Waals surface area contributed by atoms with Crippen molar-refractivity contribution in [1.29, 1.82) is 0 Å². The molecule has 0 spiro atoms. The van der Waals surface area contributed by atoms with E-state index in [-0.39, 0.29) is 5.91 Å². The fraction of sp³-hybridized carbons (Fsp3) is 0.917. The van der Waals surface area contributed by atoms with Crippen LogP contribution < -0.4 is 0 Å². The van der Waals surface area contributed by atoms with Crippen LogP contribution in [0.1, 0.15) is 41.0 Å². The van der Waals surface area contributed by atoms with Gasteiger partial charge < -0.3 is 4.90 Å². The van der Waals surface area contributed by atoms with Crippen molar-refractivity contribution >= 4 is 5.91 Å². The summed E-state index contributed by atoms with van der Waals surface area (Å²) in [6.07, 6.45) is 1.12. The fourth-order valence-electron chi connectivity index (χ4n) is 1.94. The van der Waals surface area contributed by atoms with E-state index in [4.69, 9.17) is 0 Å². The lowest BCUT2D eigenvalue weighted by Crippen LogP contribution is -2.28. The predicted octanol–water partition coefficient (Wildman–Crippen LogP) is 2.78. The Morgan fingerprint density at radius 1 is 1.14 bits per heavy atom. The lowest BCUT2D eigenvalue weighted by Gasteiger charge is -2.27. The van der Waals surface area contributed by atoms with E-state index in [0.29, 0.717) is 11.8 Å². The molecule has 0 aromatic rings. The van der Waals surface area contributed by atoms with Gasteiger partial charge in [-0.25, -0.2) is 0 Å². The molecule has 0 aliphatic heterocycles. The van der Waals surface area contributed by atoms with Crippen LogP contribution in [0.25, 0.3) is 0 Å². The van der Waals surface area contributed by atoms with Crippen LogP contribution in [0.5, 0.6) is 0 Å². The van der Waals surface area contributed by atoms with Crippen LogP contribution in [-0.2, 0) is 4.79 Å². The average Bonchev–Trinajstić information content (AvgIpc) is 2.02. The van der Waals surface area contributed by atoms with Gasteiger partial charge in [0, 0.05) is 20.5 Å². The molecule has 1 amide bonds. The highest BCUT2D eigenvalue weighted by Gasteiger charge is 2.18. The molecule has 0 rings (SSSR count). The summed E-state index contributed by atoms with van der Waals surface area (Å²) in [5.41, 5.74) is 0. The molecule has 84 valence electrons. The molecule has 0 fully saturated rings. The summed E-state index contributed by atoms with van der Waals surface area (Å²) in [4.78, 5) is 12.8. The van der Waals surface area contributed by atoms with Crippen molar-refractivity contribution in [2.24, 2.45) is 17.8 Å². The highest BCUT2D eigenvalue weighted by atomic mass is 16.2. The average molecular weight is 199 g/mol. The molecular formula is C12H25NO. The van der Waals surface area contributed by atoms with E-state index in [1.165, 1.54) is 0 Å². The number of amides is 1. The Balaban J connectivity index is 4.00. The standard InChI is InChI=1S/C12H25NO/c1-9(2)12(10(3)4)7-8-13(6)11(5)14/h9-10,12H,7-8H2,1-6H3. The number of carbonyl (C=O) groups excluding carboxylic acids is 1. The first-order valence-electron chi connectivity index (χ1n) is 5.58. The van der Waals surface area contributed by atoms with E-state index in [0.717, 1.165) is 18.9 Å². The van der Waals surface area contributed by atoms with E-state index >= 15 is 0 Å². The van der Waals surface area contributed by atoms with E-state index in [1.54, 1.807) is 11.8 Å². The molecule has 0 aliphatic carbocycles. The van der Waals surface area contributed by atoms with Crippen LogP contribution in [-0.4, -0.2) is 24.4 Å². The zero-order valence-electron chi connectivity index (χ0n) is 10.5. The molecule has 0 N–H and O–H groups in total. The molecule has 0 saturated carbocycles. The van der Waals surface area contributed by atoms with Crippen LogP contribution in [0.4, 0.5) is 0 Å². The quantitative estimate of drug-likeness (QED) is 0.666. The fourth-order valence-corrected chi connectivity index (χ4v) is 1.94. The molecule has 0 aromatic heterocycles. The van der Waals surface area contributed by atoms with Crippen LogP contribution in [0, 0.1) is 17.8 Å². The third-order valence-electron chi connectivity index (χ3n) is 3.05. The second kappa shape index (κ2) is 6.05. The van der Waals surface area contributed by atoms with Crippen molar-refractivity contribution in [3.63, 3.8) is 0 Å². The van der Waals surface area contributed by atoms with Gasteiger partial charge in [-0.15, -0.1) is 0 Å². The molecule has 0 aliphatic rings. The van der Waals surface area contributed by atoms with Gasteiger partial charge in [0.25, 0.3) is 0 Å². The van der Waals surface area contributed by atoms with Crippen molar-refractivity contribution < 1.29 is 4.79 Å². The molecule has 0 bridgehead atoms. The Morgan fingerprint density at radius 2 is 1.57 bits per heavy atom. The Bertz CT molecular complexity index is 167. The molecule has 2 heteroatoms. The minimum absolute atomic E-state index is 0.163. The maximum absolute atomic E-state index is 11.0. The number of hydrogen-bond acceptors (Lipinski definition) is 1. The topological polar surface area (TPSA) is 20.3 Å². The van der Waals surface area contributed by atoms with Gasteiger partial charge >= 0.3 is 0 Å².